The maximum atomic E-state index is 11.5. The van der Waals surface area contributed by atoms with E-state index in [1.54, 1.807) is 41.2 Å². The zero-order chi connectivity index (χ0) is 11.4. The van der Waals surface area contributed by atoms with E-state index in [0.29, 0.717) is 12.2 Å². The van der Waals surface area contributed by atoms with E-state index >= 15 is 0 Å². The van der Waals surface area contributed by atoms with Crippen molar-refractivity contribution in [2.24, 2.45) is 0 Å². The van der Waals surface area contributed by atoms with Crippen molar-refractivity contribution in [3.63, 3.8) is 0 Å². The first-order valence-electron chi connectivity index (χ1n) is 4.80. The van der Waals surface area contributed by atoms with Crippen LogP contribution in [-0.2, 0) is 6.54 Å². The van der Waals surface area contributed by atoms with E-state index in [1.807, 2.05) is 6.07 Å². The molecule has 0 aliphatic carbocycles. The van der Waals surface area contributed by atoms with Crippen molar-refractivity contribution in [2.45, 2.75) is 6.54 Å². The van der Waals surface area contributed by atoms with Crippen LogP contribution in [0.4, 0.5) is 0 Å². The topological polar surface area (TPSA) is 58.7 Å². The second kappa shape index (κ2) is 4.41. The molecule has 16 heavy (non-hydrogen) atoms. The molecule has 2 aromatic rings. The molecule has 0 saturated carbocycles. The Morgan fingerprint density at radius 1 is 1.38 bits per heavy atom. The molecule has 0 bridgehead atoms. The Bertz CT molecular complexity index is 595. The van der Waals surface area contributed by atoms with Gasteiger partial charge in [-0.3, -0.25) is 4.79 Å². The van der Waals surface area contributed by atoms with Gasteiger partial charge in [0.15, 0.2) is 0 Å². The molecule has 0 atom stereocenters. The van der Waals surface area contributed by atoms with E-state index < -0.39 is 0 Å². The van der Waals surface area contributed by atoms with Gasteiger partial charge in [0.25, 0.3) is 5.56 Å². The van der Waals surface area contributed by atoms with E-state index in [-0.39, 0.29) is 5.56 Å². The van der Waals surface area contributed by atoms with Crippen molar-refractivity contribution in [3.8, 4) is 6.07 Å². The van der Waals surface area contributed by atoms with Gasteiger partial charge in [-0.15, -0.1) is 0 Å². The van der Waals surface area contributed by atoms with Crippen molar-refractivity contribution in [2.75, 3.05) is 0 Å². The molecule has 78 valence electrons. The normalized spacial score (nSPS) is 9.69. The monoisotopic (exact) mass is 211 g/mol. The maximum absolute atomic E-state index is 11.5. The van der Waals surface area contributed by atoms with Gasteiger partial charge in [0.05, 0.1) is 6.54 Å². The highest BCUT2D eigenvalue weighted by atomic mass is 16.1. The summed E-state index contributed by atoms with van der Waals surface area (Å²) in [4.78, 5) is 15.3. The lowest BCUT2D eigenvalue weighted by atomic mass is 10.2. The van der Waals surface area contributed by atoms with Crippen LogP contribution in [0.5, 0.6) is 0 Å². The van der Waals surface area contributed by atoms with Gasteiger partial charge in [-0.25, -0.2) is 4.98 Å². The van der Waals surface area contributed by atoms with Crippen LogP contribution >= 0.6 is 0 Å². The summed E-state index contributed by atoms with van der Waals surface area (Å²) >= 11 is 0. The number of hydrogen-bond donors (Lipinski definition) is 0. The SMILES string of the molecule is N#Cc1cc(Cn2ccccc2=O)ccn1. The van der Waals surface area contributed by atoms with Gasteiger partial charge in [0.2, 0.25) is 0 Å². The van der Waals surface area contributed by atoms with Crippen LogP contribution in [0.15, 0.2) is 47.5 Å². The zero-order valence-electron chi connectivity index (χ0n) is 8.50. The summed E-state index contributed by atoms with van der Waals surface area (Å²) in [6, 6.07) is 10.4. The summed E-state index contributed by atoms with van der Waals surface area (Å²) < 4.78 is 1.58. The van der Waals surface area contributed by atoms with E-state index in [9.17, 15) is 4.79 Å². The fourth-order valence-corrected chi connectivity index (χ4v) is 1.42. The Hall–Kier alpha value is -2.41. The molecule has 0 fully saturated rings. The average Bonchev–Trinajstić information content (AvgIpc) is 2.32. The van der Waals surface area contributed by atoms with Crippen molar-refractivity contribution in [1.29, 1.82) is 5.26 Å². The van der Waals surface area contributed by atoms with Crippen molar-refractivity contribution in [1.82, 2.24) is 9.55 Å². The highest BCUT2D eigenvalue weighted by molar-refractivity contribution is 5.25. The molecule has 4 heteroatoms. The summed E-state index contributed by atoms with van der Waals surface area (Å²) in [5.41, 5.74) is 1.19. The Labute approximate surface area is 92.4 Å². The van der Waals surface area contributed by atoms with Gasteiger partial charge in [-0.2, -0.15) is 5.26 Å². The first-order chi connectivity index (χ1) is 7.79. The van der Waals surface area contributed by atoms with Gasteiger partial charge in [-0.1, -0.05) is 6.07 Å². The fourth-order valence-electron chi connectivity index (χ4n) is 1.42. The van der Waals surface area contributed by atoms with E-state index in [1.165, 1.54) is 6.07 Å². The molecular weight excluding hydrogens is 202 g/mol. The first-order valence-corrected chi connectivity index (χ1v) is 4.80. The van der Waals surface area contributed by atoms with E-state index in [2.05, 4.69) is 4.98 Å². The Morgan fingerprint density at radius 2 is 2.25 bits per heavy atom. The summed E-state index contributed by atoms with van der Waals surface area (Å²) in [6.45, 7) is 0.455. The lowest BCUT2D eigenvalue weighted by Crippen LogP contribution is -2.18. The van der Waals surface area contributed by atoms with Crippen molar-refractivity contribution < 1.29 is 0 Å². The molecule has 0 aliphatic rings. The summed E-state index contributed by atoms with van der Waals surface area (Å²) in [6.07, 6.45) is 3.29. The van der Waals surface area contributed by atoms with Gasteiger partial charge in [-0.05, 0) is 23.8 Å². The molecule has 4 nitrogen and oxygen atoms in total. The van der Waals surface area contributed by atoms with Gasteiger partial charge < -0.3 is 4.57 Å². The van der Waals surface area contributed by atoms with Gasteiger partial charge in [0, 0.05) is 18.5 Å². The largest absolute Gasteiger partial charge is 0.311 e. The Balaban J connectivity index is 2.32. The number of pyridine rings is 2. The summed E-state index contributed by atoms with van der Waals surface area (Å²) in [5.74, 6) is 0. The predicted molar refractivity (Wildman–Crippen MR) is 58.8 cm³/mol. The molecule has 0 spiro atoms. The molecule has 0 saturated heterocycles. The number of nitrogens with zero attached hydrogens (tertiary/aromatic N) is 3. The van der Waals surface area contributed by atoms with Crippen molar-refractivity contribution >= 4 is 0 Å². The molecule has 0 radical (unpaired) electrons. The van der Waals surface area contributed by atoms with E-state index in [0.717, 1.165) is 5.56 Å². The number of aromatic nitrogens is 2. The molecule has 2 rings (SSSR count). The minimum absolute atomic E-state index is 0.0576. The smallest absolute Gasteiger partial charge is 0.250 e. The molecule has 0 aromatic carbocycles. The lowest BCUT2D eigenvalue weighted by Gasteiger charge is -2.04. The third kappa shape index (κ3) is 2.15. The molecule has 0 N–H and O–H groups in total. The van der Waals surface area contributed by atoms with Crippen LogP contribution in [0.1, 0.15) is 11.3 Å². The van der Waals surface area contributed by atoms with Crippen LogP contribution in [0.25, 0.3) is 0 Å². The molecule has 0 aliphatic heterocycles. The van der Waals surface area contributed by atoms with Crippen LogP contribution < -0.4 is 5.56 Å². The molecule has 2 heterocycles. The number of nitriles is 1. The standard InChI is InChI=1S/C12H9N3O/c13-8-11-7-10(4-5-14-11)9-15-6-2-1-3-12(15)16/h1-7H,9H2. The average molecular weight is 211 g/mol. The predicted octanol–water partition coefficient (Wildman–Crippen LogP) is 1.16. The lowest BCUT2D eigenvalue weighted by molar-refractivity contribution is 0.758. The quantitative estimate of drug-likeness (QED) is 0.749. The number of hydrogen-bond acceptors (Lipinski definition) is 3. The highest BCUT2D eigenvalue weighted by Crippen LogP contribution is 2.02. The second-order valence-corrected chi connectivity index (χ2v) is 3.33. The van der Waals surface area contributed by atoms with Crippen LogP contribution in [0.2, 0.25) is 0 Å². The molecule has 0 amide bonds. The third-order valence-corrected chi connectivity index (χ3v) is 2.19. The number of rotatable bonds is 2. The van der Waals surface area contributed by atoms with Crippen LogP contribution in [0.3, 0.4) is 0 Å². The van der Waals surface area contributed by atoms with Crippen LogP contribution in [0, 0.1) is 11.3 Å². The maximum Gasteiger partial charge on any atom is 0.250 e. The Kier molecular flexibility index (Phi) is 2.79. The van der Waals surface area contributed by atoms with Gasteiger partial charge in [0.1, 0.15) is 11.8 Å². The minimum Gasteiger partial charge on any atom is -0.311 e. The molecule has 2 aromatic heterocycles. The summed E-state index contributed by atoms with van der Waals surface area (Å²) in [7, 11) is 0. The summed E-state index contributed by atoms with van der Waals surface area (Å²) in [5, 5.41) is 8.70. The fraction of sp³-hybridized carbons (Fsp3) is 0.0833. The van der Waals surface area contributed by atoms with Crippen molar-refractivity contribution in [3.05, 3.63) is 64.3 Å². The van der Waals surface area contributed by atoms with E-state index in [4.69, 9.17) is 5.26 Å². The zero-order valence-corrected chi connectivity index (χ0v) is 8.50. The second-order valence-electron chi connectivity index (χ2n) is 3.33. The van der Waals surface area contributed by atoms with Crippen LogP contribution in [-0.4, -0.2) is 9.55 Å². The third-order valence-electron chi connectivity index (χ3n) is 2.19. The molecular formula is C12H9N3O. The molecule has 0 unspecified atom stereocenters. The van der Waals surface area contributed by atoms with Gasteiger partial charge >= 0.3 is 0 Å². The minimum atomic E-state index is -0.0576. The first kappa shape index (κ1) is 10.1. The Morgan fingerprint density at radius 3 is 3.00 bits per heavy atom. The highest BCUT2D eigenvalue weighted by Gasteiger charge is 1.98.